The molecule has 0 aliphatic carbocycles. The summed E-state index contributed by atoms with van der Waals surface area (Å²) in [6, 6.07) is 0. The van der Waals surface area contributed by atoms with Crippen molar-refractivity contribution in [2.75, 3.05) is 18.4 Å². The monoisotopic (exact) mass is 263 g/mol. The molecule has 1 amide bonds. The van der Waals surface area contributed by atoms with E-state index in [9.17, 15) is 4.79 Å². The Hall–Kier alpha value is -0.0500. The topological polar surface area (TPSA) is 20.3 Å². The molecule has 0 N–H and O–H groups in total. The zero-order valence-corrected chi connectivity index (χ0v) is 11.4. The summed E-state index contributed by atoms with van der Waals surface area (Å²) in [6.45, 7) is 9.83. The molecule has 0 heterocycles. The quantitative estimate of drug-likeness (QED) is 0.675. The molecule has 0 saturated heterocycles. The van der Waals surface area contributed by atoms with Crippen molar-refractivity contribution in [3.8, 4) is 0 Å². The first-order chi connectivity index (χ1) is 6.49. The molecule has 0 bridgehead atoms. The Morgan fingerprint density at radius 1 is 1.36 bits per heavy atom. The van der Waals surface area contributed by atoms with Crippen molar-refractivity contribution in [3.63, 3.8) is 0 Å². The van der Waals surface area contributed by atoms with E-state index in [1.165, 1.54) is 0 Å². The van der Waals surface area contributed by atoms with Gasteiger partial charge in [0.2, 0.25) is 5.91 Å². The van der Waals surface area contributed by atoms with Crippen molar-refractivity contribution in [2.24, 2.45) is 5.41 Å². The van der Waals surface area contributed by atoms with Crippen LogP contribution in [0, 0.1) is 5.41 Å². The SMILES string of the molecule is CCN(CCCBr)C(=O)C(C)(C)CC. The van der Waals surface area contributed by atoms with Crippen LogP contribution in [0.3, 0.4) is 0 Å². The minimum Gasteiger partial charge on any atom is -0.342 e. The molecule has 84 valence electrons. The van der Waals surface area contributed by atoms with Crippen LogP contribution in [-0.2, 0) is 4.79 Å². The lowest BCUT2D eigenvalue weighted by Crippen LogP contribution is -2.41. The lowest BCUT2D eigenvalue weighted by molar-refractivity contribution is -0.140. The molecule has 0 atom stereocenters. The summed E-state index contributed by atoms with van der Waals surface area (Å²) in [7, 11) is 0. The minimum atomic E-state index is -0.206. The molecule has 0 aromatic heterocycles. The van der Waals surface area contributed by atoms with Crippen LogP contribution in [-0.4, -0.2) is 29.2 Å². The van der Waals surface area contributed by atoms with Crippen LogP contribution in [0.4, 0.5) is 0 Å². The van der Waals surface area contributed by atoms with Gasteiger partial charge in [0, 0.05) is 23.8 Å². The normalized spacial score (nSPS) is 11.5. The number of hydrogen-bond donors (Lipinski definition) is 0. The van der Waals surface area contributed by atoms with Gasteiger partial charge in [-0.25, -0.2) is 0 Å². The summed E-state index contributed by atoms with van der Waals surface area (Å²) < 4.78 is 0. The summed E-state index contributed by atoms with van der Waals surface area (Å²) in [4.78, 5) is 14.0. The first-order valence-electron chi connectivity index (χ1n) is 5.35. The summed E-state index contributed by atoms with van der Waals surface area (Å²) >= 11 is 3.39. The van der Waals surface area contributed by atoms with Gasteiger partial charge in [0.15, 0.2) is 0 Å². The molecule has 0 aliphatic heterocycles. The number of alkyl halides is 1. The molecule has 0 aliphatic rings. The van der Waals surface area contributed by atoms with Gasteiger partial charge in [-0.05, 0) is 19.8 Å². The second-order valence-corrected chi connectivity index (χ2v) is 4.96. The van der Waals surface area contributed by atoms with E-state index in [0.29, 0.717) is 0 Å². The van der Waals surface area contributed by atoms with E-state index in [1.54, 1.807) is 0 Å². The van der Waals surface area contributed by atoms with E-state index in [1.807, 2.05) is 25.7 Å². The largest absolute Gasteiger partial charge is 0.342 e. The van der Waals surface area contributed by atoms with Crippen LogP contribution in [0.5, 0.6) is 0 Å². The van der Waals surface area contributed by atoms with Gasteiger partial charge < -0.3 is 4.90 Å². The molecular formula is C11H22BrNO. The fourth-order valence-corrected chi connectivity index (χ4v) is 1.48. The van der Waals surface area contributed by atoms with Crippen molar-refractivity contribution in [1.82, 2.24) is 4.90 Å². The summed E-state index contributed by atoms with van der Waals surface area (Å²) in [5.74, 6) is 0.281. The van der Waals surface area contributed by atoms with Crippen molar-refractivity contribution >= 4 is 21.8 Å². The van der Waals surface area contributed by atoms with Gasteiger partial charge in [-0.3, -0.25) is 4.79 Å². The average molecular weight is 264 g/mol. The Kier molecular flexibility index (Phi) is 6.41. The van der Waals surface area contributed by atoms with Crippen LogP contribution in [0.1, 0.15) is 40.5 Å². The Bertz CT molecular complexity index is 180. The summed E-state index contributed by atoms with van der Waals surface area (Å²) in [5, 5.41) is 0.962. The van der Waals surface area contributed by atoms with Crippen LogP contribution in [0.25, 0.3) is 0 Å². The zero-order valence-electron chi connectivity index (χ0n) is 9.77. The number of carbonyl (C=O) groups is 1. The van der Waals surface area contributed by atoms with Gasteiger partial charge in [-0.15, -0.1) is 0 Å². The highest BCUT2D eigenvalue weighted by Gasteiger charge is 2.28. The fourth-order valence-electron chi connectivity index (χ4n) is 1.23. The summed E-state index contributed by atoms with van der Waals surface area (Å²) in [5.41, 5.74) is -0.206. The number of rotatable bonds is 6. The molecule has 14 heavy (non-hydrogen) atoms. The molecule has 0 spiro atoms. The number of hydrogen-bond acceptors (Lipinski definition) is 1. The van der Waals surface area contributed by atoms with Crippen molar-refractivity contribution < 1.29 is 4.79 Å². The first kappa shape index (κ1) is 13.9. The molecule has 0 aromatic carbocycles. The third kappa shape index (κ3) is 3.99. The molecule has 0 rings (SSSR count). The smallest absolute Gasteiger partial charge is 0.228 e. The van der Waals surface area contributed by atoms with Crippen LogP contribution >= 0.6 is 15.9 Å². The predicted molar refractivity (Wildman–Crippen MR) is 64.7 cm³/mol. The Morgan fingerprint density at radius 3 is 2.29 bits per heavy atom. The molecule has 0 fully saturated rings. The van der Waals surface area contributed by atoms with Gasteiger partial charge >= 0.3 is 0 Å². The minimum absolute atomic E-state index is 0.206. The molecular weight excluding hydrogens is 242 g/mol. The molecule has 0 saturated carbocycles. The maximum Gasteiger partial charge on any atom is 0.228 e. The van der Waals surface area contributed by atoms with Crippen LogP contribution < -0.4 is 0 Å². The average Bonchev–Trinajstić information content (AvgIpc) is 2.18. The highest BCUT2D eigenvalue weighted by molar-refractivity contribution is 9.09. The molecule has 3 heteroatoms. The second kappa shape index (κ2) is 6.44. The van der Waals surface area contributed by atoms with Gasteiger partial charge in [-0.1, -0.05) is 36.7 Å². The standard InChI is InChI=1S/C11H22BrNO/c1-5-11(3,4)10(14)13(6-2)9-7-8-12/h5-9H2,1-4H3. The Labute approximate surface area is 96.2 Å². The number of nitrogens with zero attached hydrogens (tertiary/aromatic N) is 1. The van der Waals surface area contributed by atoms with Gasteiger partial charge in [0.05, 0.1) is 0 Å². The van der Waals surface area contributed by atoms with Crippen LogP contribution in [0.2, 0.25) is 0 Å². The lowest BCUT2D eigenvalue weighted by Gasteiger charge is -2.30. The fraction of sp³-hybridized carbons (Fsp3) is 0.909. The van der Waals surface area contributed by atoms with Crippen LogP contribution in [0.15, 0.2) is 0 Å². The third-order valence-electron chi connectivity index (χ3n) is 2.69. The molecule has 0 aromatic rings. The molecule has 0 unspecified atom stereocenters. The van der Waals surface area contributed by atoms with E-state index >= 15 is 0 Å². The first-order valence-corrected chi connectivity index (χ1v) is 6.47. The van der Waals surface area contributed by atoms with Gasteiger partial charge in [0.1, 0.15) is 0 Å². The van der Waals surface area contributed by atoms with E-state index in [0.717, 1.165) is 31.3 Å². The van der Waals surface area contributed by atoms with Gasteiger partial charge in [0.25, 0.3) is 0 Å². The number of amides is 1. The summed E-state index contributed by atoms with van der Waals surface area (Å²) in [6.07, 6.45) is 1.93. The van der Waals surface area contributed by atoms with E-state index < -0.39 is 0 Å². The maximum absolute atomic E-state index is 12.0. The Morgan fingerprint density at radius 2 is 1.93 bits per heavy atom. The number of carbonyl (C=O) groups excluding carboxylic acids is 1. The van der Waals surface area contributed by atoms with E-state index in [-0.39, 0.29) is 11.3 Å². The Balaban J connectivity index is 4.30. The van der Waals surface area contributed by atoms with Crippen molar-refractivity contribution in [3.05, 3.63) is 0 Å². The third-order valence-corrected chi connectivity index (χ3v) is 3.25. The van der Waals surface area contributed by atoms with Gasteiger partial charge in [-0.2, -0.15) is 0 Å². The maximum atomic E-state index is 12.0. The zero-order chi connectivity index (χ0) is 11.2. The molecule has 2 nitrogen and oxygen atoms in total. The highest BCUT2D eigenvalue weighted by Crippen LogP contribution is 2.22. The second-order valence-electron chi connectivity index (χ2n) is 4.16. The van der Waals surface area contributed by atoms with E-state index in [2.05, 4.69) is 22.9 Å². The van der Waals surface area contributed by atoms with Crippen molar-refractivity contribution in [2.45, 2.75) is 40.5 Å². The predicted octanol–water partition coefficient (Wildman–Crippen LogP) is 3.06. The number of halogens is 1. The lowest BCUT2D eigenvalue weighted by atomic mass is 9.88. The highest BCUT2D eigenvalue weighted by atomic mass is 79.9. The van der Waals surface area contributed by atoms with E-state index in [4.69, 9.17) is 0 Å². The molecule has 0 radical (unpaired) electrons. The van der Waals surface area contributed by atoms with Crippen molar-refractivity contribution in [1.29, 1.82) is 0 Å².